The summed E-state index contributed by atoms with van der Waals surface area (Å²) < 4.78 is 5.24. The van der Waals surface area contributed by atoms with E-state index in [1.54, 1.807) is 19.4 Å². The highest BCUT2D eigenvalue weighted by atomic mass is 16.5. The SMILES string of the molecule is COc1cccc(CCNc2cnnc(Nc3cccc(NC(C)=O)c3)n2)c1. The summed E-state index contributed by atoms with van der Waals surface area (Å²) >= 11 is 0. The topological polar surface area (TPSA) is 101 Å². The van der Waals surface area contributed by atoms with E-state index in [0.29, 0.717) is 24.0 Å². The largest absolute Gasteiger partial charge is 0.497 e. The molecule has 0 radical (unpaired) electrons. The molecule has 0 saturated heterocycles. The van der Waals surface area contributed by atoms with Crippen LogP contribution in [-0.2, 0) is 11.2 Å². The van der Waals surface area contributed by atoms with E-state index in [1.165, 1.54) is 12.5 Å². The van der Waals surface area contributed by atoms with E-state index in [1.807, 2.05) is 36.4 Å². The molecule has 0 aliphatic heterocycles. The monoisotopic (exact) mass is 378 g/mol. The Bertz CT molecular complexity index is 947. The Hall–Kier alpha value is -3.68. The van der Waals surface area contributed by atoms with Crippen LogP contribution in [-0.4, -0.2) is 34.7 Å². The number of rotatable bonds is 8. The molecule has 0 aliphatic rings. The average Bonchev–Trinajstić information content (AvgIpc) is 2.68. The molecule has 3 aromatic rings. The van der Waals surface area contributed by atoms with Gasteiger partial charge >= 0.3 is 0 Å². The van der Waals surface area contributed by atoms with Gasteiger partial charge in [-0.05, 0) is 42.3 Å². The number of carbonyl (C=O) groups is 1. The molecule has 3 rings (SSSR count). The minimum atomic E-state index is -0.127. The first-order valence-corrected chi connectivity index (χ1v) is 8.83. The lowest BCUT2D eigenvalue weighted by Gasteiger charge is -2.09. The van der Waals surface area contributed by atoms with E-state index in [2.05, 4.69) is 37.2 Å². The number of aromatic nitrogens is 3. The normalized spacial score (nSPS) is 10.2. The summed E-state index contributed by atoms with van der Waals surface area (Å²) in [6, 6.07) is 15.2. The van der Waals surface area contributed by atoms with Crippen molar-refractivity contribution in [1.82, 2.24) is 15.2 Å². The molecule has 0 unspecified atom stereocenters. The number of ether oxygens (including phenoxy) is 1. The maximum atomic E-state index is 11.2. The zero-order valence-electron chi connectivity index (χ0n) is 15.8. The number of amides is 1. The fraction of sp³-hybridized carbons (Fsp3) is 0.200. The Kier molecular flexibility index (Phi) is 6.35. The molecule has 0 spiro atoms. The molecular weight excluding hydrogens is 356 g/mol. The summed E-state index contributed by atoms with van der Waals surface area (Å²) in [4.78, 5) is 15.6. The van der Waals surface area contributed by atoms with E-state index >= 15 is 0 Å². The van der Waals surface area contributed by atoms with Crippen molar-refractivity contribution < 1.29 is 9.53 Å². The van der Waals surface area contributed by atoms with Crippen LogP contribution in [0.1, 0.15) is 12.5 Å². The molecule has 1 amide bonds. The van der Waals surface area contributed by atoms with E-state index in [-0.39, 0.29) is 5.91 Å². The highest BCUT2D eigenvalue weighted by Crippen LogP contribution is 2.18. The van der Waals surface area contributed by atoms with Gasteiger partial charge in [-0.1, -0.05) is 18.2 Å². The van der Waals surface area contributed by atoms with Crippen molar-refractivity contribution in [3.63, 3.8) is 0 Å². The molecule has 144 valence electrons. The van der Waals surface area contributed by atoms with Crippen LogP contribution in [0, 0.1) is 0 Å². The molecule has 0 saturated carbocycles. The summed E-state index contributed by atoms with van der Waals surface area (Å²) in [7, 11) is 1.66. The van der Waals surface area contributed by atoms with Gasteiger partial charge < -0.3 is 20.7 Å². The number of hydrogen-bond acceptors (Lipinski definition) is 7. The van der Waals surface area contributed by atoms with Crippen molar-refractivity contribution in [2.24, 2.45) is 0 Å². The van der Waals surface area contributed by atoms with Crippen LogP contribution < -0.4 is 20.7 Å². The predicted octanol–water partition coefficient (Wildman–Crippen LogP) is 3.24. The van der Waals surface area contributed by atoms with E-state index in [0.717, 1.165) is 17.9 Å². The first kappa shape index (κ1) is 19.1. The maximum Gasteiger partial charge on any atom is 0.249 e. The van der Waals surface area contributed by atoms with Crippen molar-refractivity contribution in [2.75, 3.05) is 29.6 Å². The molecule has 3 N–H and O–H groups in total. The summed E-state index contributed by atoms with van der Waals surface area (Å²) in [5, 5.41) is 17.0. The molecule has 1 aromatic heterocycles. The second-order valence-corrected chi connectivity index (χ2v) is 6.08. The van der Waals surface area contributed by atoms with Gasteiger partial charge in [0.15, 0.2) is 5.82 Å². The molecule has 28 heavy (non-hydrogen) atoms. The summed E-state index contributed by atoms with van der Waals surface area (Å²) in [5.41, 5.74) is 2.61. The summed E-state index contributed by atoms with van der Waals surface area (Å²) in [6.45, 7) is 2.16. The fourth-order valence-electron chi connectivity index (χ4n) is 2.61. The smallest absolute Gasteiger partial charge is 0.249 e. The molecular formula is C20H22N6O2. The number of benzene rings is 2. The molecule has 0 atom stereocenters. The van der Waals surface area contributed by atoms with Crippen LogP contribution in [0.15, 0.2) is 54.7 Å². The zero-order valence-corrected chi connectivity index (χ0v) is 15.8. The van der Waals surface area contributed by atoms with Crippen molar-refractivity contribution in [1.29, 1.82) is 0 Å². The van der Waals surface area contributed by atoms with Gasteiger partial charge in [0.2, 0.25) is 11.9 Å². The number of methoxy groups -OCH3 is 1. The first-order valence-electron chi connectivity index (χ1n) is 8.83. The minimum Gasteiger partial charge on any atom is -0.497 e. The molecule has 0 aliphatic carbocycles. The third kappa shape index (κ3) is 5.66. The van der Waals surface area contributed by atoms with Crippen LogP contribution in [0.25, 0.3) is 0 Å². The lowest BCUT2D eigenvalue weighted by atomic mass is 10.1. The zero-order chi connectivity index (χ0) is 19.8. The molecule has 0 bridgehead atoms. The first-order chi connectivity index (χ1) is 13.6. The number of nitrogens with zero attached hydrogens (tertiary/aromatic N) is 3. The average molecular weight is 378 g/mol. The Morgan fingerprint density at radius 2 is 1.93 bits per heavy atom. The van der Waals surface area contributed by atoms with E-state index < -0.39 is 0 Å². The highest BCUT2D eigenvalue weighted by molar-refractivity contribution is 5.89. The van der Waals surface area contributed by atoms with Crippen LogP contribution in [0.5, 0.6) is 5.75 Å². The van der Waals surface area contributed by atoms with Crippen molar-refractivity contribution in [3.05, 3.63) is 60.3 Å². The van der Waals surface area contributed by atoms with Gasteiger partial charge in [-0.15, -0.1) is 5.10 Å². The fourth-order valence-corrected chi connectivity index (χ4v) is 2.61. The number of hydrogen-bond donors (Lipinski definition) is 3. The summed E-state index contributed by atoms with van der Waals surface area (Å²) in [5.74, 6) is 1.70. The van der Waals surface area contributed by atoms with Gasteiger partial charge in [-0.3, -0.25) is 4.79 Å². The molecule has 8 nitrogen and oxygen atoms in total. The summed E-state index contributed by atoms with van der Waals surface area (Å²) in [6.07, 6.45) is 2.40. The predicted molar refractivity (Wildman–Crippen MR) is 109 cm³/mol. The van der Waals surface area contributed by atoms with Crippen LogP contribution in [0.3, 0.4) is 0 Å². The van der Waals surface area contributed by atoms with Crippen molar-refractivity contribution in [2.45, 2.75) is 13.3 Å². The van der Waals surface area contributed by atoms with Crippen LogP contribution in [0.2, 0.25) is 0 Å². The number of nitrogens with one attached hydrogen (secondary N) is 3. The third-order valence-corrected chi connectivity index (χ3v) is 3.85. The third-order valence-electron chi connectivity index (χ3n) is 3.85. The van der Waals surface area contributed by atoms with Crippen molar-refractivity contribution in [3.8, 4) is 5.75 Å². The maximum absolute atomic E-state index is 11.2. The molecule has 2 aromatic carbocycles. The van der Waals surface area contributed by atoms with Gasteiger partial charge in [-0.25, -0.2) is 0 Å². The Balaban J connectivity index is 1.58. The Morgan fingerprint density at radius 3 is 2.75 bits per heavy atom. The molecule has 1 heterocycles. The van der Waals surface area contributed by atoms with Gasteiger partial charge in [0, 0.05) is 24.8 Å². The van der Waals surface area contributed by atoms with Crippen molar-refractivity contribution >= 4 is 29.0 Å². The Morgan fingerprint density at radius 1 is 1.11 bits per heavy atom. The Labute approximate surface area is 163 Å². The molecule has 8 heteroatoms. The van der Waals surface area contributed by atoms with Gasteiger partial charge in [-0.2, -0.15) is 10.1 Å². The van der Waals surface area contributed by atoms with Gasteiger partial charge in [0.1, 0.15) is 5.75 Å². The number of anilines is 4. The number of carbonyl (C=O) groups excluding carboxylic acids is 1. The van der Waals surface area contributed by atoms with E-state index in [4.69, 9.17) is 4.74 Å². The van der Waals surface area contributed by atoms with Gasteiger partial charge in [0.05, 0.1) is 13.3 Å². The lowest BCUT2D eigenvalue weighted by Crippen LogP contribution is -2.09. The quantitative estimate of drug-likeness (QED) is 0.553. The minimum absolute atomic E-state index is 0.127. The second-order valence-electron chi connectivity index (χ2n) is 6.08. The lowest BCUT2D eigenvalue weighted by molar-refractivity contribution is -0.114. The van der Waals surface area contributed by atoms with Crippen LogP contribution >= 0.6 is 0 Å². The molecule has 0 fully saturated rings. The highest BCUT2D eigenvalue weighted by Gasteiger charge is 2.03. The standard InChI is InChI=1S/C20H22N6O2/c1-14(27)23-16-6-4-7-17(12-16)24-20-25-19(13-22-26-20)21-10-9-15-5-3-8-18(11-15)28-2/h3-8,11-13H,9-10H2,1-2H3,(H,23,27)(H2,21,24,25,26). The second kappa shape index (κ2) is 9.31. The van der Waals surface area contributed by atoms with Gasteiger partial charge in [0.25, 0.3) is 0 Å². The van der Waals surface area contributed by atoms with Crippen LogP contribution in [0.4, 0.5) is 23.1 Å². The van der Waals surface area contributed by atoms with E-state index in [9.17, 15) is 4.79 Å².